The lowest BCUT2D eigenvalue weighted by Gasteiger charge is -2.39. The van der Waals surface area contributed by atoms with E-state index in [-0.39, 0.29) is 78.6 Å². The minimum absolute atomic E-state index is 0.00730. The molecule has 29 heteroatoms. The molecule has 3 fully saturated rings. The number of phenols is 5. The third-order valence-electron chi connectivity index (χ3n) is 15.2. The van der Waals surface area contributed by atoms with E-state index in [2.05, 4.69) is 0 Å². The highest BCUT2D eigenvalue weighted by Crippen LogP contribution is 2.36. The average molecular weight is 1280 g/mol. The molecule has 3 aliphatic rings. The number of aliphatic hydroxyl groups is 12. The summed E-state index contributed by atoms with van der Waals surface area (Å²) in [5, 5.41) is 166. The summed E-state index contributed by atoms with van der Waals surface area (Å²) >= 11 is 0. The zero-order chi connectivity index (χ0) is 66.0. The van der Waals surface area contributed by atoms with Gasteiger partial charge in [0.05, 0.1) is 41.9 Å². The molecule has 3 aliphatic heterocycles. The number of benzene rings is 6. The van der Waals surface area contributed by atoms with Gasteiger partial charge in [-0.1, -0.05) is 36.4 Å². The summed E-state index contributed by atoms with van der Waals surface area (Å²) in [5.74, 6) is -0.660. The van der Waals surface area contributed by atoms with E-state index in [4.69, 9.17) is 41.7 Å². The summed E-state index contributed by atoms with van der Waals surface area (Å²) in [6, 6.07) is 27.1. The molecule has 0 radical (unpaired) electrons. The number of ether oxygens (including phenoxy) is 6. The maximum atomic E-state index is 12.9. The normalized spacial score (nSPS) is 26.3. The number of hydrogen-bond acceptors (Lipinski definition) is 29. The summed E-state index contributed by atoms with van der Waals surface area (Å²) in [6.45, 7) is -1.82. The molecule has 9 aromatic rings. The first kappa shape index (κ1) is 65.7. The Labute approximate surface area is 515 Å². The lowest BCUT2D eigenvalue weighted by Crippen LogP contribution is -2.60. The Bertz CT molecular complexity index is 4040. The van der Waals surface area contributed by atoms with Crippen LogP contribution >= 0.6 is 0 Å². The third-order valence-corrected chi connectivity index (χ3v) is 15.2. The van der Waals surface area contributed by atoms with Crippen LogP contribution in [0.4, 0.5) is 0 Å². The van der Waals surface area contributed by atoms with Crippen molar-refractivity contribution < 1.29 is 128 Å². The lowest BCUT2D eigenvalue weighted by molar-refractivity contribution is -0.277. The molecular formula is C63H60O29. The highest BCUT2D eigenvalue weighted by Gasteiger charge is 2.47. The van der Waals surface area contributed by atoms with Gasteiger partial charge in [-0.05, 0) is 65.2 Å². The van der Waals surface area contributed by atoms with Gasteiger partial charge in [0.25, 0.3) is 0 Å². The van der Waals surface area contributed by atoms with Crippen LogP contribution in [0, 0.1) is 0 Å². The quantitative estimate of drug-likeness (QED) is 0.0789. The molecule has 0 bridgehead atoms. The zero-order valence-electron chi connectivity index (χ0n) is 47.5. The van der Waals surface area contributed by atoms with Crippen molar-refractivity contribution in [2.24, 2.45) is 0 Å². The molecule has 12 rings (SSSR count). The highest BCUT2D eigenvalue weighted by atomic mass is 16.7. The van der Waals surface area contributed by atoms with Gasteiger partial charge in [0.1, 0.15) is 166 Å². The fraction of sp³-hybridized carbons (Fsp3) is 0.286. The molecule has 0 spiro atoms. The smallest absolute Gasteiger partial charge is 0.229 e. The summed E-state index contributed by atoms with van der Waals surface area (Å²) in [4.78, 5) is 38.6. The molecule has 1 unspecified atom stereocenters. The number of fused-ring (bicyclic) bond motifs is 3. The van der Waals surface area contributed by atoms with E-state index in [0.29, 0.717) is 27.6 Å². The minimum atomic E-state index is -1.64. The highest BCUT2D eigenvalue weighted by molar-refractivity contribution is 5.89. The van der Waals surface area contributed by atoms with E-state index in [9.17, 15) is 101 Å². The second kappa shape index (κ2) is 27.7. The van der Waals surface area contributed by atoms with E-state index in [1.165, 1.54) is 110 Å². The molecule has 15 atom stereocenters. The number of rotatable bonds is 12. The predicted molar refractivity (Wildman–Crippen MR) is 315 cm³/mol. The lowest BCUT2D eigenvalue weighted by atomic mass is 9.99. The molecule has 3 saturated heterocycles. The van der Waals surface area contributed by atoms with Crippen LogP contribution < -0.4 is 30.5 Å². The summed E-state index contributed by atoms with van der Waals surface area (Å²) < 4.78 is 48.9. The van der Waals surface area contributed by atoms with Gasteiger partial charge in [-0.3, -0.25) is 14.4 Å². The van der Waals surface area contributed by atoms with E-state index in [1.807, 2.05) is 0 Å². The summed E-state index contributed by atoms with van der Waals surface area (Å²) in [6.07, 6.45) is -18.2. The Morgan fingerprint density at radius 2 is 0.641 bits per heavy atom. The van der Waals surface area contributed by atoms with E-state index < -0.39 is 134 Å². The molecule has 6 heterocycles. The van der Waals surface area contributed by atoms with Gasteiger partial charge in [-0.15, -0.1) is 0 Å². The van der Waals surface area contributed by atoms with Gasteiger partial charge >= 0.3 is 0 Å². The van der Waals surface area contributed by atoms with Crippen molar-refractivity contribution in [1.82, 2.24) is 0 Å². The first-order chi connectivity index (χ1) is 44.0. The second-order valence-corrected chi connectivity index (χ2v) is 21.3. The maximum Gasteiger partial charge on any atom is 0.229 e. The second-order valence-electron chi connectivity index (χ2n) is 21.3. The predicted octanol–water partition coefficient (Wildman–Crippen LogP) is 0.444. The molecule has 6 aromatic carbocycles. The van der Waals surface area contributed by atoms with Crippen molar-refractivity contribution >= 4 is 32.9 Å². The average Bonchev–Trinajstić information content (AvgIpc) is 0.966. The Hall–Kier alpha value is -9.25. The first-order valence-electron chi connectivity index (χ1n) is 27.9. The maximum absolute atomic E-state index is 12.9. The Kier molecular flexibility index (Phi) is 19.8. The van der Waals surface area contributed by atoms with Gasteiger partial charge in [0, 0.05) is 30.3 Å². The van der Waals surface area contributed by atoms with Crippen molar-refractivity contribution in [3.05, 3.63) is 165 Å². The van der Waals surface area contributed by atoms with E-state index in [1.54, 1.807) is 12.1 Å². The van der Waals surface area contributed by atoms with Crippen LogP contribution in [-0.4, -0.2) is 199 Å². The molecule has 0 amide bonds. The van der Waals surface area contributed by atoms with Crippen molar-refractivity contribution in [3.8, 4) is 79.4 Å². The Morgan fingerprint density at radius 3 is 0.978 bits per heavy atom. The van der Waals surface area contributed by atoms with Gasteiger partial charge in [-0.25, -0.2) is 0 Å². The number of aliphatic hydroxyl groups excluding tert-OH is 12. The first-order valence-corrected chi connectivity index (χ1v) is 27.9. The van der Waals surface area contributed by atoms with Crippen LogP contribution in [0.2, 0.25) is 0 Å². The van der Waals surface area contributed by atoms with Crippen LogP contribution in [-0.2, 0) is 14.2 Å². The van der Waals surface area contributed by atoms with E-state index >= 15 is 0 Å². The summed E-state index contributed by atoms with van der Waals surface area (Å²) in [5.41, 5.74) is 1.13. The Balaban J connectivity index is 0.000000151. The largest absolute Gasteiger partial charge is 0.508 e. The molecule has 29 nitrogen and oxygen atoms in total. The molecule has 3 aromatic heterocycles. The number of hydrogen-bond donors (Lipinski definition) is 17. The van der Waals surface area contributed by atoms with Crippen molar-refractivity contribution in [1.29, 1.82) is 0 Å². The van der Waals surface area contributed by atoms with Crippen LogP contribution in [0.3, 0.4) is 0 Å². The van der Waals surface area contributed by atoms with Gasteiger partial charge in [0.2, 0.25) is 29.7 Å². The number of phenolic OH excluding ortho intramolecular Hbond substituents is 5. The van der Waals surface area contributed by atoms with Gasteiger partial charge in [-0.2, -0.15) is 0 Å². The molecule has 486 valence electrons. The van der Waals surface area contributed by atoms with E-state index in [0.717, 1.165) is 12.1 Å². The molecule has 0 aliphatic carbocycles. The molecule has 0 saturated carbocycles. The molecule has 92 heavy (non-hydrogen) atoms. The van der Waals surface area contributed by atoms with Gasteiger partial charge < -0.3 is 128 Å². The number of aromatic hydroxyl groups is 5. The Morgan fingerprint density at radius 1 is 0.337 bits per heavy atom. The standard InChI is InChI=1S/2C21H20O10.C21H20O9/c2*22-7-15-18(26)19(27)20(28)21(31-15)30-11-5-13(24)16-14(6-11)29-8-12(17(16)25)9-1-3-10(23)4-2-9;22-8-16-18(25)19(26)20(27)21(30-16)29-12-5-6-13-15(7-12)28-9-14(17(13)24)10-1-3-11(23)4-2-10/h2*1-6,8,15,18-24,26-28H,7H2;1-7,9,16,18-23,25-27H,8H2/t2*15-,18-,19+,20-,21-;16-,18-,19+,20-,21?/m111/s1. The van der Waals surface area contributed by atoms with Crippen molar-refractivity contribution in [3.63, 3.8) is 0 Å². The molecular weight excluding hydrogens is 1220 g/mol. The van der Waals surface area contributed by atoms with Gasteiger partial charge in [0.15, 0.2) is 5.43 Å². The fourth-order valence-electron chi connectivity index (χ4n) is 10.2. The van der Waals surface area contributed by atoms with Crippen LogP contribution in [0.15, 0.2) is 162 Å². The topological polar surface area (TPSA) is 490 Å². The molecule has 17 N–H and O–H groups in total. The van der Waals surface area contributed by atoms with Crippen LogP contribution in [0.1, 0.15) is 0 Å². The monoisotopic (exact) mass is 1280 g/mol. The summed E-state index contributed by atoms with van der Waals surface area (Å²) in [7, 11) is 0. The zero-order valence-corrected chi connectivity index (χ0v) is 47.5. The van der Waals surface area contributed by atoms with Crippen molar-refractivity contribution in [2.75, 3.05) is 19.8 Å². The van der Waals surface area contributed by atoms with Crippen LogP contribution in [0.25, 0.3) is 66.3 Å². The fourth-order valence-corrected chi connectivity index (χ4v) is 10.2. The van der Waals surface area contributed by atoms with Crippen molar-refractivity contribution in [2.45, 2.75) is 92.1 Å². The minimum Gasteiger partial charge on any atom is -0.508 e. The SMILES string of the molecule is O=c1c(-c2ccc(O)cc2)coc2cc(OC3O[C@H](CO)[C@@H](O)[C@H](O)[C@H]3O)ccc12.O=c1c(-c2ccc(O)cc2)coc2cc(O[C@@H]3O[C@H](CO)[C@@H](O)[C@H](O)[C@H]3O)cc(O)c12.O=c1c(-c2ccc(O)cc2)coc2cc(O[C@@H]3O[C@H](CO)[C@@H](O)[C@H](O)[C@H]3O)cc(O)c12. The van der Waals surface area contributed by atoms with Crippen LogP contribution in [0.5, 0.6) is 46.0 Å². The third kappa shape index (κ3) is 13.5.